The average Bonchev–Trinajstić information content (AvgIpc) is 2.99. The van der Waals surface area contributed by atoms with E-state index in [2.05, 4.69) is 0 Å². The van der Waals surface area contributed by atoms with Crippen molar-refractivity contribution < 1.29 is 29.0 Å². The molecule has 2 fully saturated rings. The number of carbonyl (C=O) groups excluding carboxylic acids is 4. The number of hydrogen-bond acceptors (Lipinski definition) is 6. The number of aliphatic hydroxyl groups is 1. The van der Waals surface area contributed by atoms with E-state index in [9.17, 15) is 24.3 Å². The van der Waals surface area contributed by atoms with Crippen molar-refractivity contribution in [1.82, 2.24) is 0 Å². The highest BCUT2D eigenvalue weighted by Crippen LogP contribution is 2.67. The maximum atomic E-state index is 13.8. The van der Waals surface area contributed by atoms with E-state index in [1.165, 1.54) is 6.08 Å². The Morgan fingerprint density at radius 3 is 2.61 bits per heavy atom. The van der Waals surface area contributed by atoms with Gasteiger partial charge < -0.3 is 9.84 Å². The third-order valence-corrected chi connectivity index (χ3v) is 8.93. The minimum Gasteiger partial charge on any atom is -0.450 e. The first-order chi connectivity index (χ1) is 15.5. The van der Waals surface area contributed by atoms with E-state index in [4.69, 9.17) is 4.74 Å². The summed E-state index contributed by atoms with van der Waals surface area (Å²) < 4.78 is 6.02. The van der Waals surface area contributed by atoms with Crippen molar-refractivity contribution >= 4 is 23.3 Å². The molecular formula is C27H34O6. The molecule has 4 rings (SSSR count). The molecule has 178 valence electrons. The Morgan fingerprint density at radius 2 is 1.94 bits per heavy atom. The zero-order valence-corrected chi connectivity index (χ0v) is 19.9. The number of carbonyl (C=O) groups is 4. The molecule has 0 aromatic rings. The van der Waals surface area contributed by atoms with Gasteiger partial charge in [-0.05, 0) is 42.4 Å². The molecule has 0 heterocycles. The van der Waals surface area contributed by atoms with Crippen LogP contribution in [0.1, 0.15) is 59.8 Å². The highest BCUT2D eigenvalue weighted by molar-refractivity contribution is 6.02. The van der Waals surface area contributed by atoms with E-state index in [1.54, 1.807) is 6.08 Å². The number of Topliss-reactive ketones (excluding diaryl/α,β-unsaturated/α-hetero) is 2. The zero-order chi connectivity index (χ0) is 24.2. The van der Waals surface area contributed by atoms with E-state index in [1.807, 2.05) is 45.9 Å². The molecule has 0 aromatic heterocycles. The van der Waals surface area contributed by atoms with Gasteiger partial charge in [0.25, 0.3) is 0 Å². The van der Waals surface area contributed by atoms with Gasteiger partial charge in [-0.15, -0.1) is 0 Å². The fourth-order valence-corrected chi connectivity index (χ4v) is 7.36. The van der Waals surface area contributed by atoms with Crippen molar-refractivity contribution in [2.24, 2.45) is 34.5 Å². The van der Waals surface area contributed by atoms with Gasteiger partial charge in [0, 0.05) is 35.5 Å². The fraction of sp³-hybridized carbons (Fsp3) is 0.630. The molecule has 0 amide bonds. The van der Waals surface area contributed by atoms with Crippen molar-refractivity contribution in [3.63, 3.8) is 0 Å². The maximum Gasteiger partial charge on any atom is 0.306 e. The van der Waals surface area contributed by atoms with Crippen LogP contribution in [-0.4, -0.2) is 40.6 Å². The first-order valence-electron chi connectivity index (χ1n) is 12.1. The summed E-state index contributed by atoms with van der Waals surface area (Å²) in [6.45, 7) is 7.02. The largest absolute Gasteiger partial charge is 0.450 e. The van der Waals surface area contributed by atoms with Gasteiger partial charge in [0.2, 0.25) is 5.78 Å². The first-order valence-corrected chi connectivity index (χ1v) is 12.1. The van der Waals surface area contributed by atoms with Gasteiger partial charge in [0.15, 0.2) is 11.4 Å². The number of esters is 1. The standard InChI is InChI=1S/C27H34O6/c1-5-6-7-23(32)33-27(22(31)15-28)16(2)12-20-19-9-8-17-13-18(29)10-11-25(17,3)24(19)21(30)14-26(20,27)4/h8-11,13,16,19-20,24,28H,5-7,12,14-15H2,1-4H3/t16?,19-,20-,24+,25-,26-,27-/m0/s1. The van der Waals surface area contributed by atoms with E-state index >= 15 is 0 Å². The SMILES string of the molecule is CCCCC(=O)O[C@]1(C(=O)CO)C(C)C[C@H]2[C@@H]3C=CC4=CC(=O)C=C[C@]4(C)[C@H]3C(=O)C[C@@]21C. The summed E-state index contributed by atoms with van der Waals surface area (Å²) in [7, 11) is 0. The van der Waals surface area contributed by atoms with Gasteiger partial charge in [-0.25, -0.2) is 0 Å². The van der Waals surface area contributed by atoms with Gasteiger partial charge in [0.05, 0.1) is 0 Å². The topological polar surface area (TPSA) is 97.7 Å². The number of ketones is 3. The van der Waals surface area contributed by atoms with Crippen molar-refractivity contribution in [2.45, 2.75) is 65.4 Å². The quantitative estimate of drug-likeness (QED) is 0.617. The third kappa shape index (κ3) is 3.24. The number of fused-ring (bicyclic) bond motifs is 5. The van der Waals surface area contributed by atoms with Gasteiger partial charge in [-0.1, -0.05) is 52.3 Å². The number of hydrogen-bond donors (Lipinski definition) is 1. The summed E-state index contributed by atoms with van der Waals surface area (Å²) in [4.78, 5) is 51.8. The maximum absolute atomic E-state index is 13.8. The average molecular weight is 455 g/mol. The van der Waals surface area contributed by atoms with E-state index in [-0.39, 0.29) is 48.1 Å². The predicted molar refractivity (Wildman–Crippen MR) is 122 cm³/mol. The Bertz CT molecular complexity index is 989. The van der Waals surface area contributed by atoms with Crippen LogP contribution < -0.4 is 0 Å². The van der Waals surface area contributed by atoms with Crippen molar-refractivity contribution in [3.05, 3.63) is 36.0 Å². The van der Waals surface area contributed by atoms with Crippen LogP contribution >= 0.6 is 0 Å². The van der Waals surface area contributed by atoms with Crippen molar-refractivity contribution in [1.29, 1.82) is 0 Å². The number of unbranched alkanes of at least 4 members (excludes halogenated alkanes) is 1. The second kappa shape index (κ2) is 8.15. The van der Waals surface area contributed by atoms with Crippen LogP contribution in [-0.2, 0) is 23.9 Å². The van der Waals surface area contributed by atoms with Crippen LogP contribution in [0.2, 0.25) is 0 Å². The van der Waals surface area contributed by atoms with Gasteiger partial charge >= 0.3 is 5.97 Å². The van der Waals surface area contributed by atoms with Gasteiger partial charge in [-0.3, -0.25) is 19.2 Å². The lowest BCUT2D eigenvalue weighted by Gasteiger charge is -2.55. The summed E-state index contributed by atoms with van der Waals surface area (Å²) in [5.41, 5.74) is -2.19. The number of allylic oxidation sites excluding steroid dienone is 6. The smallest absolute Gasteiger partial charge is 0.306 e. The lowest BCUT2D eigenvalue weighted by atomic mass is 9.48. The van der Waals surface area contributed by atoms with Crippen LogP contribution in [0.15, 0.2) is 36.0 Å². The summed E-state index contributed by atoms with van der Waals surface area (Å²) in [6.07, 6.45) is 11.3. The number of rotatable bonds is 6. The summed E-state index contributed by atoms with van der Waals surface area (Å²) in [5.74, 6) is -1.96. The van der Waals surface area contributed by atoms with E-state index < -0.39 is 34.8 Å². The number of aliphatic hydroxyl groups excluding tert-OH is 1. The van der Waals surface area contributed by atoms with Gasteiger partial charge in [0.1, 0.15) is 12.4 Å². The molecule has 4 aliphatic carbocycles. The molecule has 0 spiro atoms. The second-order valence-electron chi connectivity index (χ2n) is 10.7. The molecule has 1 unspecified atom stereocenters. The highest BCUT2D eigenvalue weighted by Gasteiger charge is 2.72. The highest BCUT2D eigenvalue weighted by atomic mass is 16.6. The van der Waals surface area contributed by atoms with Crippen LogP contribution in [0, 0.1) is 34.5 Å². The fourth-order valence-electron chi connectivity index (χ4n) is 7.36. The Kier molecular flexibility index (Phi) is 5.88. The summed E-state index contributed by atoms with van der Waals surface area (Å²) >= 11 is 0. The minimum atomic E-state index is -1.53. The molecular weight excluding hydrogens is 420 g/mol. The summed E-state index contributed by atoms with van der Waals surface area (Å²) in [5, 5.41) is 9.90. The Balaban J connectivity index is 1.80. The van der Waals surface area contributed by atoms with Crippen LogP contribution in [0.3, 0.4) is 0 Å². The monoisotopic (exact) mass is 454 g/mol. The molecule has 4 aliphatic rings. The zero-order valence-electron chi connectivity index (χ0n) is 19.9. The van der Waals surface area contributed by atoms with E-state index in [0.717, 1.165) is 12.0 Å². The molecule has 7 atom stereocenters. The molecule has 1 N–H and O–H groups in total. The molecule has 0 saturated heterocycles. The van der Waals surface area contributed by atoms with Crippen LogP contribution in [0.4, 0.5) is 0 Å². The van der Waals surface area contributed by atoms with E-state index in [0.29, 0.717) is 12.8 Å². The summed E-state index contributed by atoms with van der Waals surface area (Å²) in [6, 6.07) is 0. The Hall–Kier alpha value is -2.34. The van der Waals surface area contributed by atoms with Crippen LogP contribution in [0.25, 0.3) is 0 Å². The molecule has 0 aliphatic heterocycles. The minimum absolute atomic E-state index is 0.00400. The van der Waals surface area contributed by atoms with Crippen LogP contribution in [0.5, 0.6) is 0 Å². The molecule has 6 heteroatoms. The third-order valence-electron chi connectivity index (χ3n) is 8.93. The Labute approximate surface area is 195 Å². The Morgan fingerprint density at radius 1 is 1.21 bits per heavy atom. The molecule has 2 saturated carbocycles. The lowest BCUT2D eigenvalue weighted by Crippen LogP contribution is -2.63. The molecule has 33 heavy (non-hydrogen) atoms. The number of ether oxygens (including phenoxy) is 1. The molecule has 0 bridgehead atoms. The lowest BCUT2D eigenvalue weighted by molar-refractivity contribution is -0.195. The second-order valence-corrected chi connectivity index (χ2v) is 10.7. The van der Waals surface area contributed by atoms with Crippen molar-refractivity contribution in [3.8, 4) is 0 Å². The normalized spacial score (nSPS) is 41.2. The predicted octanol–water partition coefficient (Wildman–Crippen LogP) is 3.53. The van der Waals surface area contributed by atoms with Crippen molar-refractivity contribution in [2.75, 3.05) is 6.61 Å². The molecule has 0 radical (unpaired) electrons. The van der Waals surface area contributed by atoms with Gasteiger partial charge in [-0.2, -0.15) is 0 Å². The first kappa shape index (κ1) is 23.8. The molecule has 0 aromatic carbocycles. The molecule has 6 nitrogen and oxygen atoms in total.